The van der Waals surface area contributed by atoms with Crippen LogP contribution in [-0.2, 0) is 18.3 Å². The van der Waals surface area contributed by atoms with Crippen molar-refractivity contribution in [2.75, 3.05) is 13.2 Å². The standard InChI is InChI=1S/C11H17N3O3/c1-14-10(9(6-13-14)11(15)16)7-12-8-2-4-17-5-3-8/h6,8,12H,2-5,7H2,1H3,(H,15,16). The lowest BCUT2D eigenvalue weighted by Crippen LogP contribution is -2.35. The molecule has 6 nitrogen and oxygen atoms in total. The van der Waals surface area contributed by atoms with E-state index >= 15 is 0 Å². The molecular formula is C11H17N3O3. The van der Waals surface area contributed by atoms with Gasteiger partial charge in [0.15, 0.2) is 0 Å². The number of ether oxygens (including phenoxy) is 1. The summed E-state index contributed by atoms with van der Waals surface area (Å²) in [4.78, 5) is 11.0. The van der Waals surface area contributed by atoms with Gasteiger partial charge in [0, 0.05) is 32.8 Å². The number of nitrogens with zero attached hydrogens (tertiary/aromatic N) is 2. The fourth-order valence-corrected chi connectivity index (χ4v) is 1.99. The Bertz CT molecular complexity index is 397. The minimum atomic E-state index is -0.929. The van der Waals surface area contributed by atoms with Crippen molar-refractivity contribution in [1.82, 2.24) is 15.1 Å². The van der Waals surface area contributed by atoms with E-state index in [0.717, 1.165) is 26.1 Å². The number of aromatic nitrogens is 2. The van der Waals surface area contributed by atoms with Crippen molar-refractivity contribution in [3.8, 4) is 0 Å². The molecule has 0 radical (unpaired) electrons. The Kier molecular flexibility index (Phi) is 3.75. The third kappa shape index (κ3) is 2.83. The molecule has 2 rings (SSSR count). The maximum atomic E-state index is 11.0. The number of rotatable bonds is 4. The van der Waals surface area contributed by atoms with Gasteiger partial charge in [-0.1, -0.05) is 0 Å². The molecule has 1 aromatic heterocycles. The van der Waals surface area contributed by atoms with Crippen molar-refractivity contribution < 1.29 is 14.6 Å². The van der Waals surface area contributed by atoms with Crippen LogP contribution >= 0.6 is 0 Å². The van der Waals surface area contributed by atoms with Crippen LogP contribution in [0.1, 0.15) is 28.9 Å². The second-order valence-corrected chi connectivity index (χ2v) is 4.20. The summed E-state index contributed by atoms with van der Waals surface area (Å²) < 4.78 is 6.88. The van der Waals surface area contributed by atoms with Crippen molar-refractivity contribution in [1.29, 1.82) is 0 Å². The van der Waals surface area contributed by atoms with Crippen LogP contribution in [0.25, 0.3) is 0 Å². The van der Waals surface area contributed by atoms with E-state index in [4.69, 9.17) is 9.84 Å². The third-order valence-electron chi connectivity index (χ3n) is 3.07. The number of hydrogen-bond acceptors (Lipinski definition) is 4. The van der Waals surface area contributed by atoms with E-state index in [0.29, 0.717) is 18.3 Å². The lowest BCUT2D eigenvalue weighted by molar-refractivity contribution is 0.0692. The average molecular weight is 239 g/mol. The van der Waals surface area contributed by atoms with Crippen molar-refractivity contribution in [3.63, 3.8) is 0 Å². The zero-order valence-corrected chi connectivity index (χ0v) is 9.85. The van der Waals surface area contributed by atoms with E-state index in [1.807, 2.05) is 0 Å². The molecule has 1 saturated heterocycles. The minimum absolute atomic E-state index is 0.270. The molecule has 0 saturated carbocycles. The van der Waals surface area contributed by atoms with Crippen molar-refractivity contribution in [3.05, 3.63) is 17.5 Å². The first-order valence-corrected chi connectivity index (χ1v) is 5.74. The summed E-state index contributed by atoms with van der Waals surface area (Å²) in [5, 5.41) is 16.3. The quantitative estimate of drug-likeness (QED) is 0.794. The van der Waals surface area contributed by atoms with Gasteiger partial charge in [0.25, 0.3) is 0 Å². The van der Waals surface area contributed by atoms with Gasteiger partial charge in [-0.2, -0.15) is 5.10 Å². The van der Waals surface area contributed by atoms with E-state index in [1.54, 1.807) is 11.7 Å². The van der Waals surface area contributed by atoms with E-state index in [9.17, 15) is 4.79 Å². The lowest BCUT2D eigenvalue weighted by atomic mass is 10.1. The van der Waals surface area contributed by atoms with Gasteiger partial charge in [0.2, 0.25) is 0 Å². The van der Waals surface area contributed by atoms with Gasteiger partial charge in [0.1, 0.15) is 5.56 Å². The van der Waals surface area contributed by atoms with E-state index in [-0.39, 0.29) is 5.56 Å². The van der Waals surface area contributed by atoms with Crippen molar-refractivity contribution in [2.45, 2.75) is 25.4 Å². The summed E-state index contributed by atoms with van der Waals surface area (Å²) in [6.45, 7) is 2.08. The molecule has 0 atom stereocenters. The molecule has 1 aromatic rings. The molecule has 2 heterocycles. The molecule has 0 unspecified atom stereocenters. The average Bonchev–Trinajstić information content (AvgIpc) is 2.69. The molecule has 6 heteroatoms. The Balaban J connectivity index is 1.97. The van der Waals surface area contributed by atoms with Gasteiger partial charge in [-0.25, -0.2) is 4.79 Å². The molecule has 1 aliphatic heterocycles. The van der Waals surface area contributed by atoms with Crippen LogP contribution in [0.15, 0.2) is 6.20 Å². The fourth-order valence-electron chi connectivity index (χ4n) is 1.99. The Hall–Kier alpha value is -1.40. The SMILES string of the molecule is Cn1ncc(C(=O)O)c1CNC1CCOCC1. The Morgan fingerprint density at radius 3 is 3.00 bits per heavy atom. The second kappa shape index (κ2) is 5.29. The Labute approximate surface area is 99.6 Å². The van der Waals surface area contributed by atoms with Gasteiger partial charge >= 0.3 is 5.97 Å². The summed E-state index contributed by atoms with van der Waals surface area (Å²) >= 11 is 0. The lowest BCUT2D eigenvalue weighted by Gasteiger charge is -2.23. The highest BCUT2D eigenvalue weighted by Crippen LogP contribution is 2.10. The van der Waals surface area contributed by atoms with Crippen molar-refractivity contribution in [2.24, 2.45) is 7.05 Å². The number of carbonyl (C=O) groups is 1. The number of nitrogens with one attached hydrogen (secondary N) is 1. The molecule has 1 fully saturated rings. The fraction of sp³-hybridized carbons (Fsp3) is 0.636. The molecule has 0 amide bonds. The maximum Gasteiger partial charge on any atom is 0.339 e. The van der Waals surface area contributed by atoms with Crippen LogP contribution < -0.4 is 5.32 Å². The maximum absolute atomic E-state index is 11.0. The first-order valence-electron chi connectivity index (χ1n) is 5.74. The Morgan fingerprint density at radius 1 is 1.65 bits per heavy atom. The largest absolute Gasteiger partial charge is 0.478 e. The van der Waals surface area contributed by atoms with Gasteiger partial charge in [-0.05, 0) is 12.8 Å². The Morgan fingerprint density at radius 2 is 2.35 bits per heavy atom. The van der Waals surface area contributed by atoms with E-state index < -0.39 is 5.97 Å². The number of carboxylic acids is 1. The highest BCUT2D eigenvalue weighted by atomic mass is 16.5. The zero-order chi connectivity index (χ0) is 12.3. The van der Waals surface area contributed by atoms with Gasteiger partial charge in [-0.3, -0.25) is 4.68 Å². The molecule has 17 heavy (non-hydrogen) atoms. The van der Waals surface area contributed by atoms with Gasteiger partial charge in [-0.15, -0.1) is 0 Å². The van der Waals surface area contributed by atoms with Crippen LogP contribution in [-0.4, -0.2) is 40.1 Å². The predicted molar refractivity (Wildman–Crippen MR) is 60.8 cm³/mol. The predicted octanol–water partition coefficient (Wildman–Crippen LogP) is 0.387. The molecule has 0 bridgehead atoms. The van der Waals surface area contributed by atoms with Crippen LogP contribution in [0.4, 0.5) is 0 Å². The molecule has 2 N–H and O–H groups in total. The molecule has 94 valence electrons. The molecule has 1 aliphatic rings. The van der Waals surface area contributed by atoms with Crippen molar-refractivity contribution >= 4 is 5.97 Å². The zero-order valence-electron chi connectivity index (χ0n) is 9.85. The summed E-state index contributed by atoms with van der Waals surface area (Å²) in [6, 6.07) is 0.403. The smallest absolute Gasteiger partial charge is 0.339 e. The molecule has 0 spiro atoms. The minimum Gasteiger partial charge on any atom is -0.478 e. The topological polar surface area (TPSA) is 76.4 Å². The highest BCUT2D eigenvalue weighted by Gasteiger charge is 2.17. The number of aromatic carboxylic acids is 1. The van der Waals surface area contributed by atoms with Crippen LogP contribution in [0.5, 0.6) is 0 Å². The molecule has 0 aromatic carbocycles. The van der Waals surface area contributed by atoms with E-state index in [1.165, 1.54) is 6.20 Å². The monoisotopic (exact) mass is 239 g/mol. The first-order chi connectivity index (χ1) is 8.18. The van der Waals surface area contributed by atoms with Crippen LogP contribution in [0, 0.1) is 0 Å². The normalized spacial score (nSPS) is 17.2. The third-order valence-corrected chi connectivity index (χ3v) is 3.07. The molecular weight excluding hydrogens is 222 g/mol. The number of hydrogen-bond donors (Lipinski definition) is 2. The summed E-state index contributed by atoms with van der Waals surface area (Å²) in [6.07, 6.45) is 3.34. The number of aryl methyl sites for hydroxylation is 1. The first kappa shape index (κ1) is 12.1. The summed E-state index contributed by atoms with van der Waals surface area (Å²) in [7, 11) is 1.76. The van der Waals surface area contributed by atoms with Gasteiger partial charge in [0.05, 0.1) is 11.9 Å². The molecule has 0 aliphatic carbocycles. The van der Waals surface area contributed by atoms with Crippen LogP contribution in [0.3, 0.4) is 0 Å². The highest BCUT2D eigenvalue weighted by molar-refractivity contribution is 5.88. The summed E-state index contributed by atoms with van der Waals surface area (Å²) in [5.41, 5.74) is 0.982. The number of carboxylic acid groups (broad SMARTS) is 1. The van der Waals surface area contributed by atoms with E-state index in [2.05, 4.69) is 10.4 Å². The second-order valence-electron chi connectivity index (χ2n) is 4.20. The van der Waals surface area contributed by atoms with Crippen LogP contribution in [0.2, 0.25) is 0 Å². The van der Waals surface area contributed by atoms with Gasteiger partial charge < -0.3 is 15.2 Å². The summed E-state index contributed by atoms with van der Waals surface area (Å²) in [5.74, 6) is -0.929.